The van der Waals surface area contributed by atoms with Gasteiger partial charge >= 0.3 is 5.97 Å². The highest BCUT2D eigenvalue weighted by Crippen LogP contribution is 2.38. The maximum Gasteiger partial charge on any atom is 0.346 e. The first-order valence-electron chi connectivity index (χ1n) is 6.47. The van der Waals surface area contributed by atoms with Crippen LogP contribution in [0.25, 0.3) is 10.2 Å². The SMILES string of the molecule is Cc1c(C(=O)O)sc2ncnc(SC3C=CCCC3)c12. The Morgan fingerprint density at radius 2 is 2.35 bits per heavy atom. The summed E-state index contributed by atoms with van der Waals surface area (Å²) in [5.74, 6) is -0.890. The summed E-state index contributed by atoms with van der Waals surface area (Å²) in [4.78, 5) is 20.9. The molecule has 4 nitrogen and oxygen atoms in total. The van der Waals surface area contributed by atoms with Crippen LogP contribution in [0, 0.1) is 6.92 Å². The van der Waals surface area contributed by atoms with Crippen LogP contribution in [0.15, 0.2) is 23.5 Å². The first-order chi connectivity index (χ1) is 9.66. The van der Waals surface area contributed by atoms with Crippen LogP contribution in [-0.4, -0.2) is 26.3 Å². The van der Waals surface area contributed by atoms with E-state index in [4.69, 9.17) is 0 Å². The summed E-state index contributed by atoms with van der Waals surface area (Å²) in [5.41, 5.74) is 0.778. The van der Waals surface area contributed by atoms with Crippen LogP contribution in [-0.2, 0) is 0 Å². The molecule has 0 fully saturated rings. The van der Waals surface area contributed by atoms with Gasteiger partial charge in [0, 0.05) is 10.6 Å². The van der Waals surface area contributed by atoms with Crippen LogP contribution in [0.3, 0.4) is 0 Å². The summed E-state index contributed by atoms with van der Waals surface area (Å²) in [6.45, 7) is 1.84. The van der Waals surface area contributed by atoms with Crippen molar-refractivity contribution in [3.05, 3.63) is 28.9 Å². The van der Waals surface area contributed by atoms with Crippen LogP contribution in [0.4, 0.5) is 0 Å². The van der Waals surface area contributed by atoms with Gasteiger partial charge in [-0.1, -0.05) is 23.9 Å². The lowest BCUT2D eigenvalue weighted by atomic mass is 10.1. The number of carbonyl (C=O) groups is 1. The molecule has 1 atom stereocenters. The fourth-order valence-corrected chi connectivity index (χ4v) is 4.64. The van der Waals surface area contributed by atoms with Crippen LogP contribution in [0.2, 0.25) is 0 Å². The molecule has 1 unspecified atom stereocenters. The molecule has 1 N–H and O–H groups in total. The molecule has 104 valence electrons. The van der Waals surface area contributed by atoms with Gasteiger partial charge in [-0.15, -0.1) is 11.3 Å². The number of nitrogens with zero attached hydrogens (tertiary/aromatic N) is 2. The summed E-state index contributed by atoms with van der Waals surface area (Å²) in [5, 5.41) is 11.4. The lowest BCUT2D eigenvalue weighted by molar-refractivity contribution is 0.0701. The van der Waals surface area contributed by atoms with Crippen molar-refractivity contribution in [2.75, 3.05) is 0 Å². The zero-order chi connectivity index (χ0) is 14.1. The second-order valence-corrected chi connectivity index (χ2v) is 6.96. The molecule has 0 aliphatic heterocycles. The predicted octanol–water partition coefficient (Wildman–Crippen LogP) is 3.90. The lowest BCUT2D eigenvalue weighted by Gasteiger charge is -2.15. The van der Waals surface area contributed by atoms with Gasteiger partial charge in [0.2, 0.25) is 0 Å². The number of aromatic nitrogens is 2. The number of carboxylic acids is 1. The fraction of sp³-hybridized carbons (Fsp3) is 0.357. The average Bonchev–Trinajstić information content (AvgIpc) is 2.79. The van der Waals surface area contributed by atoms with Crippen molar-refractivity contribution in [3.8, 4) is 0 Å². The van der Waals surface area contributed by atoms with Gasteiger partial charge in [0.15, 0.2) is 0 Å². The smallest absolute Gasteiger partial charge is 0.346 e. The fourth-order valence-electron chi connectivity index (χ4n) is 2.36. The largest absolute Gasteiger partial charge is 0.477 e. The summed E-state index contributed by atoms with van der Waals surface area (Å²) in [6.07, 6.45) is 9.45. The van der Waals surface area contributed by atoms with E-state index < -0.39 is 5.97 Å². The van der Waals surface area contributed by atoms with E-state index in [1.54, 1.807) is 11.8 Å². The molecule has 2 aromatic heterocycles. The maximum absolute atomic E-state index is 11.2. The van der Waals surface area contributed by atoms with Crippen molar-refractivity contribution >= 4 is 39.3 Å². The third kappa shape index (κ3) is 2.45. The normalized spacial score (nSPS) is 18.6. The third-order valence-corrected chi connectivity index (χ3v) is 5.78. The van der Waals surface area contributed by atoms with E-state index in [2.05, 4.69) is 22.1 Å². The molecule has 0 radical (unpaired) electrons. The molecule has 0 aromatic carbocycles. The standard InChI is InChI=1S/C14H14N2O2S2/c1-8-10-12(19-9-5-3-2-4-6-9)15-7-16-13(10)20-11(8)14(17)18/h3,5,7,9H,2,4,6H2,1H3,(H,17,18). The number of allylic oxidation sites excluding steroid dienone is 1. The van der Waals surface area contributed by atoms with Crippen LogP contribution >= 0.6 is 23.1 Å². The van der Waals surface area contributed by atoms with Crippen molar-refractivity contribution < 1.29 is 9.90 Å². The number of hydrogen-bond acceptors (Lipinski definition) is 5. The minimum absolute atomic E-state index is 0.363. The molecule has 20 heavy (non-hydrogen) atoms. The van der Waals surface area contributed by atoms with Crippen molar-refractivity contribution in [1.82, 2.24) is 9.97 Å². The van der Waals surface area contributed by atoms with Gasteiger partial charge in [0.05, 0.1) is 0 Å². The maximum atomic E-state index is 11.2. The topological polar surface area (TPSA) is 63.1 Å². The van der Waals surface area contributed by atoms with Gasteiger partial charge in [-0.2, -0.15) is 0 Å². The Balaban J connectivity index is 2.04. The number of aromatic carboxylic acids is 1. The second kappa shape index (κ2) is 5.54. The van der Waals surface area contributed by atoms with E-state index >= 15 is 0 Å². The van der Waals surface area contributed by atoms with Gasteiger partial charge < -0.3 is 5.11 Å². The molecule has 0 saturated heterocycles. The molecule has 0 saturated carbocycles. The Kier molecular flexibility index (Phi) is 3.76. The number of hydrogen-bond donors (Lipinski definition) is 1. The number of thioether (sulfide) groups is 1. The minimum atomic E-state index is -0.890. The van der Waals surface area contributed by atoms with Crippen molar-refractivity contribution in [1.29, 1.82) is 0 Å². The van der Waals surface area contributed by atoms with E-state index in [1.165, 1.54) is 24.1 Å². The highest BCUT2D eigenvalue weighted by atomic mass is 32.2. The molecule has 0 amide bonds. The molecule has 3 rings (SSSR count). The molecule has 1 aliphatic carbocycles. The van der Waals surface area contributed by atoms with Gasteiger partial charge in [-0.25, -0.2) is 14.8 Å². The van der Waals surface area contributed by atoms with E-state index in [1.807, 2.05) is 6.92 Å². The Morgan fingerprint density at radius 1 is 1.50 bits per heavy atom. The number of carboxylic acid groups (broad SMARTS) is 1. The van der Waals surface area contributed by atoms with Gasteiger partial charge in [-0.05, 0) is 31.7 Å². The monoisotopic (exact) mass is 306 g/mol. The van der Waals surface area contributed by atoms with Gasteiger partial charge in [-0.3, -0.25) is 0 Å². The molecular weight excluding hydrogens is 292 g/mol. The van der Waals surface area contributed by atoms with Crippen molar-refractivity contribution in [2.45, 2.75) is 36.5 Å². The Morgan fingerprint density at radius 3 is 3.05 bits per heavy atom. The Labute approximate surface area is 124 Å². The molecule has 0 bridgehead atoms. The van der Waals surface area contributed by atoms with Crippen molar-refractivity contribution in [2.24, 2.45) is 0 Å². The van der Waals surface area contributed by atoms with E-state index in [-0.39, 0.29) is 0 Å². The highest BCUT2D eigenvalue weighted by molar-refractivity contribution is 8.00. The molecule has 1 aliphatic rings. The first-order valence-corrected chi connectivity index (χ1v) is 8.17. The average molecular weight is 306 g/mol. The quantitative estimate of drug-likeness (QED) is 0.688. The lowest BCUT2D eigenvalue weighted by Crippen LogP contribution is -2.03. The third-order valence-electron chi connectivity index (χ3n) is 3.36. The van der Waals surface area contributed by atoms with E-state index in [9.17, 15) is 9.90 Å². The number of rotatable bonds is 3. The Bertz CT molecular complexity index is 694. The van der Waals surface area contributed by atoms with E-state index in [0.29, 0.717) is 10.1 Å². The Hall–Kier alpha value is -1.40. The molecular formula is C14H14N2O2S2. The first kappa shape index (κ1) is 13.6. The number of fused-ring (bicyclic) bond motifs is 1. The molecule has 2 aromatic rings. The van der Waals surface area contributed by atoms with Gasteiger partial charge in [0.25, 0.3) is 0 Å². The molecule has 2 heterocycles. The van der Waals surface area contributed by atoms with Crippen LogP contribution < -0.4 is 0 Å². The minimum Gasteiger partial charge on any atom is -0.477 e. The summed E-state index contributed by atoms with van der Waals surface area (Å²) in [7, 11) is 0. The predicted molar refractivity (Wildman–Crippen MR) is 81.7 cm³/mol. The summed E-state index contributed by atoms with van der Waals surface area (Å²) < 4.78 is 0. The van der Waals surface area contributed by atoms with E-state index in [0.717, 1.165) is 33.6 Å². The molecule has 6 heteroatoms. The second-order valence-electron chi connectivity index (χ2n) is 4.74. The number of aryl methyl sites for hydroxylation is 1. The zero-order valence-corrected chi connectivity index (χ0v) is 12.6. The zero-order valence-electron chi connectivity index (χ0n) is 11.0. The van der Waals surface area contributed by atoms with Crippen molar-refractivity contribution in [3.63, 3.8) is 0 Å². The van der Waals surface area contributed by atoms with Crippen LogP contribution in [0.5, 0.6) is 0 Å². The van der Waals surface area contributed by atoms with Gasteiger partial charge in [0.1, 0.15) is 21.1 Å². The van der Waals surface area contributed by atoms with Crippen LogP contribution in [0.1, 0.15) is 34.5 Å². The number of thiophene rings is 1. The summed E-state index contributed by atoms with van der Waals surface area (Å²) in [6, 6.07) is 0. The highest BCUT2D eigenvalue weighted by Gasteiger charge is 2.20. The summed E-state index contributed by atoms with van der Waals surface area (Å²) >= 11 is 2.94. The molecule has 0 spiro atoms.